The van der Waals surface area contributed by atoms with Crippen molar-refractivity contribution in [3.8, 4) is 0 Å². The number of hydrogen-bond donors (Lipinski definition) is 0. The summed E-state index contributed by atoms with van der Waals surface area (Å²) in [6.45, 7) is 6.26. The van der Waals surface area contributed by atoms with Crippen molar-refractivity contribution in [1.82, 2.24) is 0 Å². The minimum atomic E-state index is -5.01. The van der Waals surface area contributed by atoms with Gasteiger partial charge in [0.15, 0.2) is 0 Å². The van der Waals surface area contributed by atoms with Gasteiger partial charge in [-0.25, -0.2) is 8.78 Å². The summed E-state index contributed by atoms with van der Waals surface area (Å²) in [6.07, 6.45) is 7.08. The molecule has 0 aliphatic heterocycles. The third kappa shape index (κ3) is 5.64. The Balaban J connectivity index is 1.51. The molecule has 0 unspecified atom stereocenters. The van der Waals surface area contributed by atoms with Crippen LogP contribution in [-0.4, -0.2) is 0 Å². The summed E-state index contributed by atoms with van der Waals surface area (Å²) in [6, 6.07) is 1.79. The number of allylic oxidation sites excluding steroid dienone is 1. The van der Waals surface area contributed by atoms with Crippen LogP contribution >= 0.6 is 0 Å². The van der Waals surface area contributed by atoms with Crippen LogP contribution in [-0.2, 0) is 6.18 Å². The highest BCUT2D eigenvalue weighted by Gasteiger charge is 2.39. The smallest absolute Gasteiger partial charge is 0.206 e. The molecule has 0 bridgehead atoms. The molecule has 2 aliphatic rings. The Hall–Kier alpha value is -1.39. The summed E-state index contributed by atoms with van der Waals surface area (Å²) >= 11 is 0. The summed E-state index contributed by atoms with van der Waals surface area (Å²) in [5.74, 6) is -0.884. The summed E-state index contributed by atoms with van der Waals surface area (Å²) in [4.78, 5) is 0. The zero-order chi connectivity index (χ0) is 21.9. The molecule has 1 aromatic rings. The van der Waals surface area contributed by atoms with Crippen molar-refractivity contribution in [2.45, 2.75) is 89.6 Å². The lowest BCUT2D eigenvalue weighted by molar-refractivity contribution is -0.142. The van der Waals surface area contributed by atoms with Crippen LogP contribution in [0, 0.1) is 29.4 Å². The van der Waals surface area contributed by atoms with Gasteiger partial charge in [-0.1, -0.05) is 31.9 Å². The number of hydrogen-bond acceptors (Lipinski definition) is 0. The second-order valence-corrected chi connectivity index (χ2v) is 9.39. The van der Waals surface area contributed by atoms with Crippen LogP contribution in [0.5, 0.6) is 0 Å². The molecular weight excluding hydrogens is 395 g/mol. The number of rotatable bonds is 6. The lowest BCUT2D eigenvalue weighted by Gasteiger charge is -2.38. The Morgan fingerprint density at radius 3 is 1.87 bits per heavy atom. The fraction of sp³-hybridized carbons (Fsp3) is 0.680. The molecule has 0 N–H and O–H groups in total. The molecule has 0 heterocycles. The van der Waals surface area contributed by atoms with Gasteiger partial charge in [0.1, 0.15) is 17.2 Å². The zero-order valence-electron chi connectivity index (χ0n) is 17.8. The fourth-order valence-electron chi connectivity index (χ4n) is 5.56. The van der Waals surface area contributed by atoms with Crippen LogP contribution < -0.4 is 0 Å². The molecule has 30 heavy (non-hydrogen) atoms. The van der Waals surface area contributed by atoms with Crippen LogP contribution in [0.2, 0.25) is 0 Å². The first-order chi connectivity index (χ1) is 14.2. The lowest BCUT2D eigenvalue weighted by Crippen LogP contribution is -2.25. The van der Waals surface area contributed by atoms with Crippen LogP contribution in [0.15, 0.2) is 24.3 Å². The summed E-state index contributed by atoms with van der Waals surface area (Å²) in [5, 5.41) is 0. The van der Waals surface area contributed by atoms with E-state index in [0.717, 1.165) is 62.5 Å². The Morgan fingerprint density at radius 1 is 0.900 bits per heavy atom. The van der Waals surface area contributed by atoms with Gasteiger partial charge in [-0.2, -0.15) is 13.2 Å². The second-order valence-electron chi connectivity index (χ2n) is 9.39. The normalized spacial score (nSPS) is 27.8. The Labute approximate surface area is 176 Å². The highest BCUT2D eigenvalue weighted by Crippen LogP contribution is 2.45. The molecule has 1 aromatic carbocycles. The third-order valence-electron chi connectivity index (χ3n) is 7.56. The van der Waals surface area contributed by atoms with Gasteiger partial charge in [-0.3, -0.25) is 0 Å². The van der Waals surface area contributed by atoms with E-state index in [0.29, 0.717) is 11.5 Å². The average molecular weight is 429 g/mol. The van der Waals surface area contributed by atoms with Gasteiger partial charge >= 0.3 is 6.18 Å². The van der Waals surface area contributed by atoms with E-state index in [1.54, 1.807) is 0 Å². The average Bonchev–Trinajstić information content (AvgIpc) is 2.71. The van der Waals surface area contributed by atoms with Crippen molar-refractivity contribution in [3.63, 3.8) is 0 Å². The van der Waals surface area contributed by atoms with Crippen LogP contribution in [0.1, 0.15) is 94.6 Å². The van der Waals surface area contributed by atoms with Gasteiger partial charge in [0.25, 0.3) is 0 Å². The Morgan fingerprint density at radius 2 is 1.40 bits per heavy atom. The van der Waals surface area contributed by atoms with Crippen molar-refractivity contribution in [2.75, 3.05) is 0 Å². The van der Waals surface area contributed by atoms with E-state index in [1.165, 1.54) is 37.7 Å². The zero-order valence-corrected chi connectivity index (χ0v) is 17.8. The number of alkyl halides is 3. The van der Waals surface area contributed by atoms with Crippen molar-refractivity contribution in [1.29, 1.82) is 0 Å². The van der Waals surface area contributed by atoms with Crippen molar-refractivity contribution in [2.24, 2.45) is 17.8 Å². The highest BCUT2D eigenvalue weighted by molar-refractivity contribution is 5.30. The standard InChI is InChI=1S/C25H33F5/c1-3-16(2)4-5-17-6-8-18(9-7-17)19-10-12-20(13-11-19)21-14-22(26)24(23(27)15-21)25(28,29)30/h14-15,17-20H,2-13H2,1H3. The van der Waals surface area contributed by atoms with E-state index in [9.17, 15) is 22.0 Å². The molecule has 168 valence electrons. The maximum absolute atomic E-state index is 13.9. The molecule has 0 saturated heterocycles. The van der Waals surface area contributed by atoms with Gasteiger partial charge in [0, 0.05) is 0 Å². The second kappa shape index (κ2) is 9.82. The molecule has 0 radical (unpaired) electrons. The molecule has 0 atom stereocenters. The van der Waals surface area contributed by atoms with Crippen LogP contribution in [0.3, 0.4) is 0 Å². The van der Waals surface area contributed by atoms with E-state index in [4.69, 9.17) is 0 Å². The van der Waals surface area contributed by atoms with Crippen LogP contribution in [0.4, 0.5) is 22.0 Å². The predicted molar refractivity (Wildman–Crippen MR) is 110 cm³/mol. The quantitative estimate of drug-likeness (QED) is 0.314. The first-order valence-corrected chi connectivity index (χ1v) is 11.4. The van der Waals surface area contributed by atoms with Gasteiger partial charge in [-0.05, 0) is 99.2 Å². The maximum atomic E-state index is 13.9. The molecule has 0 aromatic heterocycles. The van der Waals surface area contributed by atoms with Gasteiger partial charge < -0.3 is 0 Å². The number of benzene rings is 1. The molecule has 3 rings (SSSR count). The van der Waals surface area contributed by atoms with E-state index >= 15 is 0 Å². The maximum Gasteiger partial charge on any atom is 0.422 e. The SMILES string of the molecule is C=C(CC)CCC1CCC(C2CCC(c3cc(F)c(C(F)(F)F)c(F)c3)CC2)CC1. The van der Waals surface area contributed by atoms with Gasteiger partial charge in [-0.15, -0.1) is 0 Å². The largest absolute Gasteiger partial charge is 0.422 e. The minimum Gasteiger partial charge on any atom is -0.206 e. The monoisotopic (exact) mass is 428 g/mol. The Kier molecular flexibility index (Phi) is 7.62. The summed E-state index contributed by atoms with van der Waals surface area (Å²) in [7, 11) is 0. The first-order valence-electron chi connectivity index (χ1n) is 11.4. The van der Waals surface area contributed by atoms with Crippen molar-refractivity contribution >= 4 is 0 Å². The van der Waals surface area contributed by atoms with E-state index in [1.807, 2.05) is 0 Å². The number of halogens is 5. The first kappa shape index (κ1) is 23.3. The molecular formula is C25H33F5. The predicted octanol–water partition coefficient (Wildman–Crippen LogP) is 8.81. The van der Waals surface area contributed by atoms with E-state index in [2.05, 4.69) is 13.5 Å². The molecule has 2 aliphatic carbocycles. The summed E-state index contributed by atoms with van der Waals surface area (Å²) in [5.41, 5.74) is -0.0675. The molecule has 2 saturated carbocycles. The van der Waals surface area contributed by atoms with Gasteiger partial charge in [0.05, 0.1) is 0 Å². The molecule has 0 nitrogen and oxygen atoms in total. The summed E-state index contributed by atoms with van der Waals surface area (Å²) < 4.78 is 66.2. The molecule has 2 fully saturated rings. The van der Waals surface area contributed by atoms with E-state index in [-0.39, 0.29) is 5.92 Å². The third-order valence-corrected chi connectivity index (χ3v) is 7.56. The molecule has 5 heteroatoms. The van der Waals surface area contributed by atoms with Crippen molar-refractivity contribution < 1.29 is 22.0 Å². The minimum absolute atomic E-state index is 0.0519. The lowest BCUT2D eigenvalue weighted by atomic mass is 9.68. The topological polar surface area (TPSA) is 0 Å². The Bertz CT molecular complexity index is 697. The molecule has 0 amide bonds. The fourth-order valence-corrected chi connectivity index (χ4v) is 5.56. The van der Waals surface area contributed by atoms with Crippen molar-refractivity contribution in [3.05, 3.63) is 47.0 Å². The van der Waals surface area contributed by atoms with E-state index < -0.39 is 23.4 Å². The van der Waals surface area contributed by atoms with Gasteiger partial charge in [0.2, 0.25) is 0 Å². The highest BCUT2D eigenvalue weighted by atomic mass is 19.4. The molecule has 0 spiro atoms. The van der Waals surface area contributed by atoms with Crippen LogP contribution in [0.25, 0.3) is 0 Å².